The van der Waals surface area contributed by atoms with E-state index in [9.17, 15) is 4.79 Å². The van der Waals surface area contributed by atoms with Crippen molar-refractivity contribution in [3.63, 3.8) is 0 Å². The molecule has 0 radical (unpaired) electrons. The molecule has 132 valence electrons. The van der Waals surface area contributed by atoms with Crippen LogP contribution < -0.4 is 5.32 Å². The zero-order valence-corrected chi connectivity index (χ0v) is 15.1. The molecule has 1 aliphatic rings. The first kappa shape index (κ1) is 17.7. The topological polar surface area (TPSA) is 32.3 Å². The van der Waals surface area contributed by atoms with Crippen molar-refractivity contribution in [1.29, 1.82) is 0 Å². The lowest BCUT2D eigenvalue weighted by Crippen LogP contribution is -2.36. The van der Waals surface area contributed by atoms with Gasteiger partial charge in [-0.15, -0.1) is 0 Å². The second-order valence-corrected chi connectivity index (χ2v) is 6.96. The summed E-state index contributed by atoms with van der Waals surface area (Å²) in [6.45, 7) is 5.02. The number of amides is 1. The van der Waals surface area contributed by atoms with Crippen LogP contribution in [0.2, 0.25) is 0 Å². The number of nitrogens with zero attached hydrogens (tertiary/aromatic N) is 1. The summed E-state index contributed by atoms with van der Waals surface area (Å²) < 4.78 is 0. The molecule has 1 aliphatic heterocycles. The van der Waals surface area contributed by atoms with Crippen molar-refractivity contribution in [2.24, 2.45) is 0 Å². The van der Waals surface area contributed by atoms with Crippen molar-refractivity contribution >= 4 is 5.91 Å². The average molecular weight is 336 g/mol. The average Bonchev–Trinajstić information content (AvgIpc) is 3.17. The summed E-state index contributed by atoms with van der Waals surface area (Å²) in [5.41, 5.74) is 3.77. The highest BCUT2D eigenvalue weighted by Crippen LogP contribution is 2.24. The van der Waals surface area contributed by atoms with Gasteiger partial charge < -0.3 is 5.32 Å². The fraction of sp³-hybridized carbons (Fsp3) is 0.409. The van der Waals surface area contributed by atoms with E-state index in [4.69, 9.17) is 0 Å². The molecule has 1 saturated heterocycles. The molecule has 0 bridgehead atoms. The minimum atomic E-state index is 0.140. The lowest BCUT2D eigenvalue weighted by atomic mass is 10.0. The molecule has 0 saturated carbocycles. The van der Waals surface area contributed by atoms with Crippen molar-refractivity contribution in [1.82, 2.24) is 10.2 Å². The molecule has 3 nitrogen and oxygen atoms in total. The summed E-state index contributed by atoms with van der Waals surface area (Å²) in [4.78, 5) is 14.8. The molecule has 2 aromatic rings. The third-order valence-corrected chi connectivity index (χ3v) is 5.02. The SMILES string of the molecule is Cc1ccc(CCC(=O)NCC(c2ccccc2)N2CCCC2)cc1. The summed E-state index contributed by atoms with van der Waals surface area (Å²) in [6, 6.07) is 19.3. The number of nitrogens with one attached hydrogen (secondary N) is 1. The van der Waals surface area contributed by atoms with Crippen LogP contribution in [0.25, 0.3) is 0 Å². The minimum absolute atomic E-state index is 0.140. The number of carbonyl (C=O) groups excluding carboxylic acids is 1. The highest BCUT2D eigenvalue weighted by atomic mass is 16.1. The summed E-state index contributed by atoms with van der Waals surface area (Å²) in [5.74, 6) is 0.140. The molecule has 1 heterocycles. The maximum atomic E-state index is 12.3. The standard InChI is InChI=1S/C22H28N2O/c1-18-9-11-19(12-10-18)13-14-22(25)23-17-21(24-15-5-6-16-24)20-7-3-2-4-8-20/h2-4,7-12,21H,5-6,13-17H2,1H3,(H,23,25). The first-order chi connectivity index (χ1) is 12.2. The molecule has 1 unspecified atom stereocenters. The Labute approximate surface area is 151 Å². The van der Waals surface area contributed by atoms with Gasteiger partial charge in [0.25, 0.3) is 0 Å². The molecule has 1 atom stereocenters. The highest BCUT2D eigenvalue weighted by molar-refractivity contribution is 5.76. The fourth-order valence-electron chi connectivity index (χ4n) is 3.50. The molecule has 0 spiro atoms. The van der Waals surface area contributed by atoms with Crippen LogP contribution in [0.4, 0.5) is 0 Å². The molecule has 1 amide bonds. The number of carbonyl (C=O) groups is 1. The molecule has 0 aromatic heterocycles. The molecule has 3 rings (SSSR count). The smallest absolute Gasteiger partial charge is 0.220 e. The van der Waals surface area contributed by atoms with E-state index in [1.165, 1.54) is 29.5 Å². The van der Waals surface area contributed by atoms with Crippen LogP contribution in [0, 0.1) is 6.92 Å². The highest BCUT2D eigenvalue weighted by Gasteiger charge is 2.23. The van der Waals surface area contributed by atoms with Crippen LogP contribution in [0.15, 0.2) is 54.6 Å². The van der Waals surface area contributed by atoms with Gasteiger partial charge in [-0.1, -0.05) is 60.2 Å². The lowest BCUT2D eigenvalue weighted by molar-refractivity contribution is -0.121. The van der Waals surface area contributed by atoms with Crippen LogP contribution >= 0.6 is 0 Å². The van der Waals surface area contributed by atoms with Gasteiger partial charge in [-0.3, -0.25) is 9.69 Å². The molecule has 1 fully saturated rings. The lowest BCUT2D eigenvalue weighted by Gasteiger charge is -2.28. The van der Waals surface area contributed by atoms with Gasteiger partial charge in [-0.2, -0.15) is 0 Å². The largest absolute Gasteiger partial charge is 0.354 e. The molecule has 3 heteroatoms. The Morgan fingerprint density at radius 3 is 2.40 bits per heavy atom. The Morgan fingerprint density at radius 1 is 1.04 bits per heavy atom. The van der Waals surface area contributed by atoms with Gasteiger partial charge in [0, 0.05) is 13.0 Å². The second-order valence-electron chi connectivity index (χ2n) is 6.96. The summed E-state index contributed by atoms with van der Waals surface area (Å²) in [7, 11) is 0. The van der Waals surface area contributed by atoms with Gasteiger partial charge in [0.2, 0.25) is 5.91 Å². The number of hydrogen-bond acceptors (Lipinski definition) is 2. The van der Waals surface area contributed by atoms with Crippen molar-refractivity contribution in [3.8, 4) is 0 Å². The molecule has 1 N–H and O–H groups in total. The van der Waals surface area contributed by atoms with Gasteiger partial charge >= 0.3 is 0 Å². The van der Waals surface area contributed by atoms with Crippen molar-refractivity contribution in [3.05, 3.63) is 71.3 Å². The number of hydrogen-bond donors (Lipinski definition) is 1. The minimum Gasteiger partial charge on any atom is -0.354 e. The van der Waals surface area contributed by atoms with Crippen LogP contribution in [-0.4, -0.2) is 30.4 Å². The quantitative estimate of drug-likeness (QED) is 0.832. The normalized spacial score (nSPS) is 15.9. The van der Waals surface area contributed by atoms with E-state index in [1.54, 1.807) is 0 Å². The van der Waals surface area contributed by atoms with Gasteiger partial charge in [-0.05, 0) is 50.4 Å². The zero-order chi connectivity index (χ0) is 17.5. The maximum absolute atomic E-state index is 12.3. The van der Waals surface area contributed by atoms with Crippen LogP contribution in [0.3, 0.4) is 0 Å². The van der Waals surface area contributed by atoms with Gasteiger partial charge in [0.1, 0.15) is 0 Å². The fourth-order valence-corrected chi connectivity index (χ4v) is 3.50. The molecule has 2 aromatic carbocycles. The van der Waals surface area contributed by atoms with Crippen molar-refractivity contribution in [2.75, 3.05) is 19.6 Å². The van der Waals surface area contributed by atoms with E-state index in [1.807, 2.05) is 6.07 Å². The predicted molar refractivity (Wildman–Crippen MR) is 102 cm³/mol. The molecular formula is C22H28N2O. The zero-order valence-electron chi connectivity index (χ0n) is 15.1. The Hall–Kier alpha value is -2.13. The number of rotatable bonds is 7. The third kappa shape index (κ3) is 5.17. The Balaban J connectivity index is 1.53. The Bertz CT molecular complexity index is 660. The van der Waals surface area contributed by atoms with Gasteiger partial charge in [0.15, 0.2) is 0 Å². The van der Waals surface area contributed by atoms with Crippen molar-refractivity contribution < 1.29 is 4.79 Å². The van der Waals surface area contributed by atoms with E-state index in [-0.39, 0.29) is 11.9 Å². The summed E-state index contributed by atoms with van der Waals surface area (Å²) >= 11 is 0. The first-order valence-electron chi connectivity index (χ1n) is 9.33. The molecule has 0 aliphatic carbocycles. The molecule has 25 heavy (non-hydrogen) atoms. The van der Waals surface area contributed by atoms with E-state index in [0.717, 1.165) is 19.5 Å². The van der Waals surface area contributed by atoms with Crippen molar-refractivity contribution in [2.45, 2.75) is 38.6 Å². The summed E-state index contributed by atoms with van der Waals surface area (Å²) in [5, 5.41) is 3.16. The first-order valence-corrected chi connectivity index (χ1v) is 9.33. The Kier molecular flexibility index (Phi) is 6.24. The van der Waals surface area contributed by atoms with E-state index >= 15 is 0 Å². The van der Waals surface area contributed by atoms with E-state index in [0.29, 0.717) is 13.0 Å². The maximum Gasteiger partial charge on any atom is 0.220 e. The summed E-state index contributed by atoms with van der Waals surface area (Å²) in [6.07, 6.45) is 3.85. The second kappa shape index (κ2) is 8.82. The number of likely N-dealkylation sites (tertiary alicyclic amines) is 1. The van der Waals surface area contributed by atoms with E-state index in [2.05, 4.69) is 65.7 Å². The van der Waals surface area contributed by atoms with Crippen LogP contribution in [-0.2, 0) is 11.2 Å². The predicted octanol–water partition coefficient (Wildman–Crippen LogP) is 3.88. The molecular weight excluding hydrogens is 308 g/mol. The van der Waals surface area contributed by atoms with Crippen LogP contribution in [0.1, 0.15) is 42.0 Å². The third-order valence-electron chi connectivity index (χ3n) is 5.02. The van der Waals surface area contributed by atoms with Gasteiger partial charge in [-0.25, -0.2) is 0 Å². The Morgan fingerprint density at radius 2 is 1.72 bits per heavy atom. The van der Waals surface area contributed by atoms with E-state index < -0.39 is 0 Å². The monoisotopic (exact) mass is 336 g/mol. The number of aryl methyl sites for hydroxylation is 2. The van der Waals surface area contributed by atoms with Gasteiger partial charge in [0.05, 0.1) is 6.04 Å². The van der Waals surface area contributed by atoms with Crippen LogP contribution in [0.5, 0.6) is 0 Å². The number of benzene rings is 2.